The lowest BCUT2D eigenvalue weighted by molar-refractivity contribution is 0.218. The van der Waals surface area contributed by atoms with Gasteiger partial charge in [0.1, 0.15) is 5.67 Å². The van der Waals surface area contributed by atoms with Crippen molar-refractivity contribution < 1.29 is 4.39 Å². The van der Waals surface area contributed by atoms with Crippen LogP contribution in [0.1, 0.15) is 13.3 Å². The predicted octanol–water partition coefficient (Wildman–Crippen LogP) is 0.708. The maximum atomic E-state index is 12.5. The summed E-state index contributed by atoms with van der Waals surface area (Å²) < 4.78 is 12.5. The first-order valence-corrected chi connectivity index (χ1v) is 2.60. The largest absolute Gasteiger partial charge is 0.313 e. The summed E-state index contributed by atoms with van der Waals surface area (Å²) in [5.41, 5.74) is -0.917. The van der Waals surface area contributed by atoms with E-state index in [1.807, 2.05) is 0 Å². The summed E-state index contributed by atoms with van der Waals surface area (Å²) in [7, 11) is 0. The third-order valence-corrected chi connectivity index (χ3v) is 1.32. The van der Waals surface area contributed by atoms with Gasteiger partial charge in [-0.1, -0.05) is 0 Å². The Morgan fingerprint density at radius 2 is 2.43 bits per heavy atom. The molecule has 1 rings (SSSR count). The van der Waals surface area contributed by atoms with Crippen molar-refractivity contribution in [2.45, 2.75) is 19.0 Å². The quantitative estimate of drug-likeness (QED) is 0.476. The Bertz CT molecular complexity index is 62.5. The highest BCUT2D eigenvalue weighted by atomic mass is 19.1. The monoisotopic (exact) mass is 103 g/mol. The van der Waals surface area contributed by atoms with E-state index in [1.54, 1.807) is 6.92 Å². The first kappa shape index (κ1) is 5.04. The van der Waals surface area contributed by atoms with Crippen LogP contribution < -0.4 is 5.32 Å². The first-order chi connectivity index (χ1) is 3.21. The van der Waals surface area contributed by atoms with Gasteiger partial charge in [0.05, 0.1) is 0 Å². The Morgan fingerprint density at radius 3 is 2.57 bits per heavy atom. The maximum absolute atomic E-state index is 12.5. The van der Waals surface area contributed by atoms with Crippen molar-refractivity contribution in [3.63, 3.8) is 0 Å². The third-order valence-electron chi connectivity index (χ3n) is 1.32. The van der Waals surface area contributed by atoms with Gasteiger partial charge in [-0.25, -0.2) is 4.39 Å². The van der Waals surface area contributed by atoms with Crippen molar-refractivity contribution >= 4 is 0 Å². The molecule has 1 saturated heterocycles. The average Bonchev–Trinajstić information content (AvgIpc) is 1.84. The van der Waals surface area contributed by atoms with E-state index in [-0.39, 0.29) is 0 Å². The van der Waals surface area contributed by atoms with Crippen LogP contribution >= 0.6 is 0 Å². The van der Waals surface area contributed by atoms with Gasteiger partial charge in [0.15, 0.2) is 0 Å². The molecule has 0 aromatic carbocycles. The van der Waals surface area contributed by atoms with Gasteiger partial charge in [0, 0.05) is 6.54 Å². The minimum absolute atomic E-state index is 0.535. The summed E-state index contributed by atoms with van der Waals surface area (Å²) in [6, 6.07) is 0. The smallest absolute Gasteiger partial charge is 0.121 e. The van der Waals surface area contributed by atoms with Gasteiger partial charge in [-0.15, -0.1) is 0 Å². The molecule has 1 N–H and O–H groups in total. The number of rotatable bonds is 0. The fraction of sp³-hybridized carbons (Fsp3) is 1.00. The Kier molecular flexibility index (Phi) is 1.04. The van der Waals surface area contributed by atoms with Crippen LogP contribution in [0.2, 0.25) is 0 Å². The standard InChI is InChI=1S/C5H10FN/c1-5(6)2-3-7-4-5/h7H,2-4H2,1H3/t5-/m0/s1. The molecular weight excluding hydrogens is 93.1 g/mol. The average molecular weight is 103 g/mol. The maximum Gasteiger partial charge on any atom is 0.121 e. The van der Waals surface area contributed by atoms with Gasteiger partial charge in [-0.05, 0) is 19.9 Å². The molecule has 0 amide bonds. The lowest BCUT2D eigenvalue weighted by Gasteiger charge is -2.07. The Morgan fingerprint density at radius 1 is 1.71 bits per heavy atom. The number of hydrogen-bond donors (Lipinski definition) is 1. The van der Waals surface area contributed by atoms with E-state index in [0.29, 0.717) is 13.0 Å². The van der Waals surface area contributed by atoms with Crippen LogP contribution in [-0.4, -0.2) is 18.8 Å². The first-order valence-electron chi connectivity index (χ1n) is 2.60. The van der Waals surface area contributed by atoms with E-state index in [4.69, 9.17) is 0 Å². The van der Waals surface area contributed by atoms with Crippen LogP contribution in [0.15, 0.2) is 0 Å². The van der Waals surface area contributed by atoms with Gasteiger partial charge in [-0.3, -0.25) is 0 Å². The lowest BCUT2D eigenvalue weighted by atomic mass is 10.1. The summed E-state index contributed by atoms with van der Waals surface area (Å²) in [6.45, 7) is 3.01. The van der Waals surface area contributed by atoms with Crippen LogP contribution in [0.25, 0.3) is 0 Å². The summed E-state index contributed by atoms with van der Waals surface area (Å²) in [5.74, 6) is 0. The van der Waals surface area contributed by atoms with E-state index in [1.165, 1.54) is 0 Å². The Labute approximate surface area is 42.9 Å². The SMILES string of the molecule is C[C@]1(F)CCNC1. The highest BCUT2D eigenvalue weighted by Gasteiger charge is 2.26. The van der Waals surface area contributed by atoms with Crippen molar-refractivity contribution in [2.24, 2.45) is 0 Å². The molecule has 0 saturated carbocycles. The second-order valence-electron chi connectivity index (χ2n) is 2.34. The van der Waals surface area contributed by atoms with Gasteiger partial charge >= 0.3 is 0 Å². The Balaban J connectivity index is 2.40. The Hall–Kier alpha value is -0.110. The van der Waals surface area contributed by atoms with E-state index < -0.39 is 5.67 Å². The topological polar surface area (TPSA) is 12.0 Å². The van der Waals surface area contributed by atoms with Gasteiger partial charge in [0.25, 0.3) is 0 Å². The van der Waals surface area contributed by atoms with Crippen LogP contribution in [0, 0.1) is 0 Å². The lowest BCUT2D eigenvalue weighted by Crippen LogP contribution is -2.20. The second-order valence-corrected chi connectivity index (χ2v) is 2.34. The fourth-order valence-electron chi connectivity index (χ4n) is 0.786. The van der Waals surface area contributed by atoms with Crippen molar-refractivity contribution in [2.75, 3.05) is 13.1 Å². The van der Waals surface area contributed by atoms with E-state index >= 15 is 0 Å². The highest BCUT2D eigenvalue weighted by Crippen LogP contribution is 2.16. The molecule has 0 radical (unpaired) electrons. The normalized spacial score (nSPS) is 42.0. The molecule has 0 aromatic rings. The molecule has 1 heterocycles. The van der Waals surface area contributed by atoms with E-state index in [0.717, 1.165) is 6.54 Å². The molecule has 1 nitrogen and oxygen atoms in total. The number of halogens is 1. The van der Waals surface area contributed by atoms with Crippen LogP contribution in [0.4, 0.5) is 4.39 Å². The molecule has 0 bridgehead atoms. The number of nitrogens with one attached hydrogen (secondary N) is 1. The zero-order valence-electron chi connectivity index (χ0n) is 4.50. The molecule has 0 aliphatic carbocycles. The summed E-state index contributed by atoms with van der Waals surface area (Å²) in [6.07, 6.45) is 0.674. The van der Waals surface area contributed by atoms with Crippen molar-refractivity contribution in [1.82, 2.24) is 5.32 Å². The molecule has 42 valence electrons. The minimum Gasteiger partial charge on any atom is -0.313 e. The van der Waals surface area contributed by atoms with Crippen LogP contribution in [0.3, 0.4) is 0 Å². The summed E-state index contributed by atoms with van der Waals surface area (Å²) >= 11 is 0. The minimum atomic E-state index is -0.917. The summed E-state index contributed by atoms with van der Waals surface area (Å²) in [5, 5.41) is 2.94. The van der Waals surface area contributed by atoms with E-state index in [2.05, 4.69) is 5.32 Å². The van der Waals surface area contributed by atoms with Gasteiger partial charge in [0.2, 0.25) is 0 Å². The molecular formula is C5H10FN. The van der Waals surface area contributed by atoms with Gasteiger partial charge in [-0.2, -0.15) is 0 Å². The van der Waals surface area contributed by atoms with Crippen LogP contribution in [-0.2, 0) is 0 Å². The molecule has 1 atom stereocenters. The fourth-order valence-corrected chi connectivity index (χ4v) is 0.786. The van der Waals surface area contributed by atoms with Crippen molar-refractivity contribution in [3.8, 4) is 0 Å². The third kappa shape index (κ3) is 1.13. The van der Waals surface area contributed by atoms with E-state index in [9.17, 15) is 4.39 Å². The molecule has 1 aliphatic rings. The molecule has 1 fully saturated rings. The predicted molar refractivity (Wildman–Crippen MR) is 27.0 cm³/mol. The molecule has 1 aliphatic heterocycles. The second kappa shape index (κ2) is 1.44. The zero-order valence-corrected chi connectivity index (χ0v) is 4.50. The van der Waals surface area contributed by atoms with Crippen LogP contribution in [0.5, 0.6) is 0 Å². The molecule has 0 spiro atoms. The molecule has 7 heavy (non-hydrogen) atoms. The number of alkyl halides is 1. The van der Waals surface area contributed by atoms with Crippen molar-refractivity contribution in [3.05, 3.63) is 0 Å². The van der Waals surface area contributed by atoms with Gasteiger partial charge < -0.3 is 5.32 Å². The summed E-state index contributed by atoms with van der Waals surface area (Å²) in [4.78, 5) is 0. The molecule has 0 unspecified atom stereocenters. The molecule has 0 aromatic heterocycles. The number of hydrogen-bond acceptors (Lipinski definition) is 1. The van der Waals surface area contributed by atoms with Crippen molar-refractivity contribution in [1.29, 1.82) is 0 Å². The highest BCUT2D eigenvalue weighted by molar-refractivity contribution is 4.82. The zero-order chi connectivity index (χ0) is 5.33. The molecule has 2 heteroatoms.